The van der Waals surface area contributed by atoms with Gasteiger partial charge in [-0.25, -0.2) is 0 Å². The van der Waals surface area contributed by atoms with Gasteiger partial charge in [-0.15, -0.1) is 0 Å². The highest BCUT2D eigenvalue weighted by Gasteiger charge is 2.66. The minimum atomic E-state index is -1.30. The van der Waals surface area contributed by atoms with Crippen molar-refractivity contribution in [3.63, 3.8) is 0 Å². The van der Waals surface area contributed by atoms with Gasteiger partial charge in [0.15, 0.2) is 5.41 Å². The van der Waals surface area contributed by atoms with Gasteiger partial charge >= 0.3 is 5.97 Å². The molecule has 1 N–H and O–H groups in total. The van der Waals surface area contributed by atoms with Crippen LogP contribution < -0.4 is 5.32 Å². The molecule has 0 spiro atoms. The van der Waals surface area contributed by atoms with Crippen molar-refractivity contribution in [2.45, 2.75) is 39.2 Å². The number of rotatable bonds is 10. The standard InChI is InChI=1S/C29H34N2O6/c1-19-17-23(14-16-37-15-13-21-9-11-24(12-10-21)31(34)35)29(28(33)36-3)26(20(19)2)25(30-27(29)32)18-22-7-5-4-6-8-22/h4-12,17,20,23,25-26H,13-16,18H2,1-3H3,(H,30,32)/t20-,23+,25+,26+,29-/m1/s1. The van der Waals surface area contributed by atoms with Crippen LogP contribution in [0.15, 0.2) is 66.2 Å². The van der Waals surface area contributed by atoms with Crippen LogP contribution in [0.25, 0.3) is 0 Å². The van der Waals surface area contributed by atoms with Crippen molar-refractivity contribution >= 4 is 17.6 Å². The molecule has 196 valence electrons. The first-order valence-electron chi connectivity index (χ1n) is 12.7. The maximum absolute atomic E-state index is 13.6. The summed E-state index contributed by atoms with van der Waals surface area (Å²) in [6, 6.07) is 16.2. The number of fused-ring (bicyclic) bond motifs is 1. The van der Waals surface area contributed by atoms with Gasteiger partial charge in [-0.3, -0.25) is 19.7 Å². The third-order valence-corrected chi connectivity index (χ3v) is 8.03. The summed E-state index contributed by atoms with van der Waals surface area (Å²) in [6.07, 6.45) is 3.81. The molecule has 37 heavy (non-hydrogen) atoms. The molecule has 0 bridgehead atoms. The second-order valence-corrected chi connectivity index (χ2v) is 10.0. The molecule has 1 fully saturated rings. The van der Waals surface area contributed by atoms with Gasteiger partial charge in [0, 0.05) is 36.6 Å². The molecule has 1 saturated heterocycles. The maximum Gasteiger partial charge on any atom is 0.322 e. The number of allylic oxidation sites excluding steroid dienone is 2. The second kappa shape index (κ2) is 11.3. The summed E-state index contributed by atoms with van der Waals surface area (Å²) in [4.78, 5) is 37.4. The molecule has 4 rings (SSSR count). The van der Waals surface area contributed by atoms with E-state index in [0.29, 0.717) is 32.5 Å². The number of methoxy groups -OCH3 is 1. The summed E-state index contributed by atoms with van der Waals surface area (Å²) >= 11 is 0. The molecule has 8 nitrogen and oxygen atoms in total. The number of nitro groups is 1. The molecule has 2 aromatic rings. The Kier molecular flexibility index (Phi) is 8.07. The SMILES string of the molecule is COC(=O)[C@@]12C(=O)N[C@@H](Cc3ccccc3)[C@@H]1[C@H](C)C(C)=C[C@@H]2CCOCCc1ccc([N+](=O)[O-])cc1. The number of non-ortho nitro benzene ring substituents is 1. The number of hydrogen-bond donors (Lipinski definition) is 1. The van der Waals surface area contributed by atoms with Crippen LogP contribution in [0.2, 0.25) is 0 Å². The molecule has 0 saturated carbocycles. The molecule has 5 atom stereocenters. The van der Waals surface area contributed by atoms with Crippen LogP contribution >= 0.6 is 0 Å². The van der Waals surface area contributed by atoms with E-state index in [1.165, 1.54) is 19.2 Å². The Morgan fingerprint density at radius 3 is 2.43 bits per heavy atom. The van der Waals surface area contributed by atoms with Crippen molar-refractivity contribution in [2.24, 2.45) is 23.2 Å². The predicted octanol–water partition coefficient (Wildman–Crippen LogP) is 4.27. The Bertz CT molecular complexity index is 1160. The van der Waals surface area contributed by atoms with Crippen LogP contribution in [-0.4, -0.2) is 43.2 Å². The number of carbonyl (C=O) groups excluding carboxylic acids is 2. The van der Waals surface area contributed by atoms with Crippen molar-refractivity contribution < 1.29 is 24.0 Å². The monoisotopic (exact) mass is 506 g/mol. The fourth-order valence-electron chi connectivity index (χ4n) is 6.08. The van der Waals surface area contributed by atoms with E-state index in [9.17, 15) is 19.7 Å². The third-order valence-electron chi connectivity index (χ3n) is 8.03. The lowest BCUT2D eigenvalue weighted by Gasteiger charge is -2.44. The number of ether oxygens (including phenoxy) is 2. The zero-order valence-electron chi connectivity index (χ0n) is 21.5. The number of nitrogens with zero attached hydrogens (tertiary/aromatic N) is 1. The summed E-state index contributed by atoms with van der Waals surface area (Å²) < 4.78 is 11.2. The molecule has 2 aromatic carbocycles. The summed E-state index contributed by atoms with van der Waals surface area (Å²) in [5, 5.41) is 14.0. The van der Waals surface area contributed by atoms with Crippen LogP contribution in [0.5, 0.6) is 0 Å². The molecule has 2 aliphatic rings. The lowest BCUT2D eigenvalue weighted by Crippen LogP contribution is -2.53. The molecule has 0 aromatic heterocycles. The predicted molar refractivity (Wildman–Crippen MR) is 139 cm³/mol. The van der Waals surface area contributed by atoms with Gasteiger partial charge in [0.05, 0.1) is 18.6 Å². The molecule has 1 aliphatic heterocycles. The fraction of sp³-hybridized carbons (Fsp3) is 0.448. The van der Waals surface area contributed by atoms with Crippen LogP contribution in [0, 0.1) is 33.3 Å². The van der Waals surface area contributed by atoms with E-state index in [-0.39, 0.29) is 35.4 Å². The van der Waals surface area contributed by atoms with Gasteiger partial charge in [0.25, 0.3) is 5.69 Å². The fourth-order valence-corrected chi connectivity index (χ4v) is 6.08. The Hall–Kier alpha value is -3.52. The number of nitrogens with one attached hydrogen (secondary N) is 1. The van der Waals surface area contributed by atoms with Crippen LogP contribution in [0.4, 0.5) is 5.69 Å². The van der Waals surface area contributed by atoms with Crippen LogP contribution in [0.3, 0.4) is 0 Å². The maximum atomic E-state index is 13.6. The van der Waals surface area contributed by atoms with E-state index in [1.54, 1.807) is 12.1 Å². The largest absolute Gasteiger partial charge is 0.468 e. The highest BCUT2D eigenvalue weighted by atomic mass is 16.6. The molecule has 8 heteroatoms. The molecule has 0 unspecified atom stereocenters. The van der Waals surface area contributed by atoms with Gasteiger partial charge in [-0.1, -0.05) is 61.0 Å². The minimum Gasteiger partial charge on any atom is -0.468 e. The minimum absolute atomic E-state index is 0.0334. The first kappa shape index (κ1) is 26.5. The molecular formula is C29H34N2O6. The molecular weight excluding hydrogens is 472 g/mol. The summed E-state index contributed by atoms with van der Waals surface area (Å²) in [5.41, 5.74) is 1.97. The number of amides is 1. The molecule has 1 heterocycles. The summed E-state index contributed by atoms with van der Waals surface area (Å²) in [6.45, 7) is 4.96. The van der Waals surface area contributed by atoms with Crippen LogP contribution in [0.1, 0.15) is 31.4 Å². The van der Waals surface area contributed by atoms with Gasteiger partial charge in [0.1, 0.15) is 0 Å². The number of hydrogen-bond acceptors (Lipinski definition) is 6. The van der Waals surface area contributed by atoms with E-state index in [2.05, 4.69) is 25.2 Å². The normalized spacial score (nSPS) is 26.7. The van der Waals surface area contributed by atoms with E-state index >= 15 is 0 Å². The first-order valence-corrected chi connectivity index (χ1v) is 12.7. The van der Waals surface area contributed by atoms with Crippen LogP contribution in [-0.2, 0) is 31.9 Å². The molecule has 0 radical (unpaired) electrons. The number of nitro benzene ring substituents is 1. The Morgan fingerprint density at radius 2 is 1.78 bits per heavy atom. The summed E-state index contributed by atoms with van der Waals surface area (Å²) in [7, 11) is 1.35. The van der Waals surface area contributed by atoms with E-state index in [1.807, 2.05) is 30.3 Å². The Labute approximate surface area is 217 Å². The van der Waals surface area contributed by atoms with E-state index < -0.39 is 16.3 Å². The average molecular weight is 507 g/mol. The number of benzene rings is 2. The Balaban J connectivity index is 1.48. The Morgan fingerprint density at radius 1 is 1.08 bits per heavy atom. The van der Waals surface area contributed by atoms with Crippen molar-refractivity contribution in [3.05, 3.63) is 87.5 Å². The number of esters is 1. The van der Waals surface area contributed by atoms with Gasteiger partial charge in [0.2, 0.25) is 5.91 Å². The van der Waals surface area contributed by atoms with Crippen molar-refractivity contribution in [3.8, 4) is 0 Å². The quantitative estimate of drug-likeness (QED) is 0.129. The highest BCUT2D eigenvalue weighted by molar-refractivity contribution is 6.06. The first-order chi connectivity index (χ1) is 17.8. The van der Waals surface area contributed by atoms with E-state index in [0.717, 1.165) is 16.7 Å². The van der Waals surface area contributed by atoms with Crippen molar-refractivity contribution in [1.29, 1.82) is 0 Å². The van der Waals surface area contributed by atoms with Crippen molar-refractivity contribution in [1.82, 2.24) is 5.32 Å². The lowest BCUT2D eigenvalue weighted by atomic mass is 9.56. The average Bonchev–Trinajstić information content (AvgIpc) is 3.19. The van der Waals surface area contributed by atoms with Gasteiger partial charge in [-0.05, 0) is 43.2 Å². The van der Waals surface area contributed by atoms with Gasteiger partial charge < -0.3 is 14.8 Å². The zero-order valence-corrected chi connectivity index (χ0v) is 21.5. The highest BCUT2D eigenvalue weighted by Crippen LogP contribution is 2.54. The molecule has 1 amide bonds. The van der Waals surface area contributed by atoms with E-state index in [4.69, 9.17) is 9.47 Å². The zero-order chi connectivity index (χ0) is 26.6. The second-order valence-electron chi connectivity index (χ2n) is 10.0. The summed E-state index contributed by atoms with van der Waals surface area (Å²) in [5.74, 6) is -1.30. The van der Waals surface area contributed by atoms with Gasteiger partial charge in [-0.2, -0.15) is 0 Å². The number of carbonyl (C=O) groups is 2. The lowest BCUT2D eigenvalue weighted by molar-refractivity contribution is -0.384. The van der Waals surface area contributed by atoms with Crippen molar-refractivity contribution in [2.75, 3.05) is 20.3 Å². The smallest absolute Gasteiger partial charge is 0.322 e. The molecule has 1 aliphatic carbocycles. The third kappa shape index (κ3) is 5.16. The topological polar surface area (TPSA) is 108 Å².